The Morgan fingerprint density at radius 3 is 2.33 bits per heavy atom. The van der Waals surface area contributed by atoms with Crippen molar-refractivity contribution in [1.29, 1.82) is 0 Å². The predicted molar refractivity (Wildman–Crippen MR) is 89.0 cm³/mol. The molecule has 0 saturated carbocycles. The van der Waals surface area contributed by atoms with E-state index in [-0.39, 0.29) is 29.5 Å². The third-order valence-corrected chi connectivity index (χ3v) is 2.94. The predicted octanol–water partition coefficient (Wildman–Crippen LogP) is 1.15. The normalized spacial score (nSPS) is 12.3. The number of ether oxygens (including phenoxy) is 1. The lowest BCUT2D eigenvalue weighted by atomic mass is 10.0. The first kappa shape index (κ1) is 20.2. The van der Waals surface area contributed by atoms with Crippen LogP contribution in [-0.4, -0.2) is 64.3 Å². The number of likely N-dealkylation sites (N-methyl/N-ethyl adjacent to an activating group) is 1. The molecule has 0 amide bonds. The lowest BCUT2D eigenvalue weighted by molar-refractivity contribution is 0.194. The Kier molecular flexibility index (Phi) is 12.2. The lowest BCUT2D eigenvalue weighted by Gasteiger charge is -2.33. The molecule has 0 radical (unpaired) electrons. The standard InChI is InChI=1S/C12H28N4O.HI/c1-12(2,16(4)5)10-15-11(13-3)14-8-7-9-17-6;/h7-10H2,1-6H3,(H2,13,14,15);1H. The smallest absolute Gasteiger partial charge is 0.191 e. The van der Waals surface area contributed by atoms with Crippen LogP contribution in [0.25, 0.3) is 0 Å². The van der Waals surface area contributed by atoms with Crippen LogP contribution in [0, 0.1) is 0 Å². The van der Waals surface area contributed by atoms with E-state index < -0.39 is 0 Å². The zero-order valence-electron chi connectivity index (χ0n) is 12.5. The number of hydrogen-bond acceptors (Lipinski definition) is 3. The van der Waals surface area contributed by atoms with Crippen LogP contribution in [0.1, 0.15) is 20.3 Å². The van der Waals surface area contributed by atoms with Gasteiger partial charge in [-0.3, -0.25) is 4.99 Å². The molecule has 0 aromatic rings. The van der Waals surface area contributed by atoms with Crippen molar-refractivity contribution in [3.63, 3.8) is 0 Å². The van der Waals surface area contributed by atoms with Crippen LogP contribution in [0.2, 0.25) is 0 Å². The van der Waals surface area contributed by atoms with E-state index in [9.17, 15) is 0 Å². The van der Waals surface area contributed by atoms with Gasteiger partial charge in [0.15, 0.2) is 5.96 Å². The second kappa shape index (κ2) is 10.8. The minimum absolute atomic E-state index is 0. The molecule has 0 atom stereocenters. The number of nitrogens with zero attached hydrogens (tertiary/aromatic N) is 2. The second-order valence-corrected chi connectivity index (χ2v) is 4.91. The number of halogens is 1. The molecule has 2 N–H and O–H groups in total. The summed E-state index contributed by atoms with van der Waals surface area (Å²) in [6, 6.07) is 0. The molecule has 5 nitrogen and oxygen atoms in total. The van der Waals surface area contributed by atoms with Gasteiger partial charge in [-0.25, -0.2) is 0 Å². The molecular formula is C12H29IN4O. The summed E-state index contributed by atoms with van der Waals surface area (Å²) in [5.41, 5.74) is 0.101. The maximum absolute atomic E-state index is 5.00. The zero-order chi connectivity index (χ0) is 13.3. The van der Waals surface area contributed by atoms with E-state index >= 15 is 0 Å². The summed E-state index contributed by atoms with van der Waals surface area (Å²) in [7, 11) is 7.66. The summed E-state index contributed by atoms with van der Waals surface area (Å²) in [6.45, 7) is 6.88. The number of hydrogen-bond donors (Lipinski definition) is 2. The van der Waals surface area contributed by atoms with Gasteiger partial charge in [0.2, 0.25) is 0 Å². The first-order valence-electron chi connectivity index (χ1n) is 6.05. The van der Waals surface area contributed by atoms with Gasteiger partial charge in [-0.15, -0.1) is 24.0 Å². The average Bonchev–Trinajstić information content (AvgIpc) is 2.28. The summed E-state index contributed by atoms with van der Waals surface area (Å²) in [5.74, 6) is 0.844. The monoisotopic (exact) mass is 372 g/mol. The zero-order valence-corrected chi connectivity index (χ0v) is 14.9. The molecule has 0 heterocycles. The summed E-state index contributed by atoms with van der Waals surface area (Å²) >= 11 is 0. The quantitative estimate of drug-likeness (QED) is 0.305. The van der Waals surface area contributed by atoms with Crippen molar-refractivity contribution in [2.75, 3.05) is 47.9 Å². The molecule has 18 heavy (non-hydrogen) atoms. The van der Waals surface area contributed by atoms with Gasteiger partial charge in [0.25, 0.3) is 0 Å². The fraction of sp³-hybridized carbons (Fsp3) is 0.917. The van der Waals surface area contributed by atoms with Gasteiger partial charge in [0.05, 0.1) is 0 Å². The van der Waals surface area contributed by atoms with Crippen LogP contribution in [0.3, 0.4) is 0 Å². The van der Waals surface area contributed by atoms with E-state index in [0.29, 0.717) is 0 Å². The van der Waals surface area contributed by atoms with Crippen molar-refractivity contribution < 1.29 is 4.74 Å². The van der Waals surface area contributed by atoms with Crippen LogP contribution in [0.4, 0.5) is 0 Å². The number of rotatable bonds is 7. The van der Waals surface area contributed by atoms with Gasteiger partial charge in [-0.1, -0.05) is 0 Å². The van der Waals surface area contributed by atoms with Gasteiger partial charge in [-0.05, 0) is 34.4 Å². The molecule has 0 unspecified atom stereocenters. The minimum atomic E-state index is 0. The van der Waals surface area contributed by atoms with E-state index in [0.717, 1.165) is 32.1 Å². The van der Waals surface area contributed by atoms with Crippen molar-refractivity contribution >= 4 is 29.9 Å². The van der Waals surface area contributed by atoms with E-state index in [4.69, 9.17) is 4.74 Å². The molecule has 110 valence electrons. The Bertz CT molecular complexity index is 232. The van der Waals surface area contributed by atoms with Gasteiger partial charge in [0.1, 0.15) is 0 Å². The first-order chi connectivity index (χ1) is 7.94. The largest absolute Gasteiger partial charge is 0.385 e. The third kappa shape index (κ3) is 8.93. The summed E-state index contributed by atoms with van der Waals surface area (Å²) in [5, 5.41) is 6.58. The number of guanidine groups is 1. The van der Waals surface area contributed by atoms with E-state index in [1.807, 2.05) is 0 Å². The van der Waals surface area contributed by atoms with E-state index in [2.05, 4.69) is 48.5 Å². The molecule has 0 bridgehead atoms. The summed E-state index contributed by atoms with van der Waals surface area (Å²) in [6.07, 6.45) is 0.980. The van der Waals surface area contributed by atoms with Crippen molar-refractivity contribution in [1.82, 2.24) is 15.5 Å². The van der Waals surface area contributed by atoms with Crippen LogP contribution >= 0.6 is 24.0 Å². The van der Waals surface area contributed by atoms with Crippen molar-refractivity contribution in [3.05, 3.63) is 0 Å². The topological polar surface area (TPSA) is 48.9 Å². The van der Waals surface area contributed by atoms with Crippen molar-refractivity contribution in [2.24, 2.45) is 4.99 Å². The molecule has 0 aliphatic carbocycles. The Hall–Kier alpha value is -0.0800. The maximum Gasteiger partial charge on any atom is 0.191 e. The average molecular weight is 372 g/mol. The van der Waals surface area contributed by atoms with Crippen LogP contribution in [0.5, 0.6) is 0 Å². The summed E-state index contributed by atoms with van der Waals surface area (Å²) < 4.78 is 5.00. The molecule has 0 aromatic carbocycles. The maximum atomic E-state index is 5.00. The highest BCUT2D eigenvalue weighted by Crippen LogP contribution is 2.07. The van der Waals surface area contributed by atoms with Crippen molar-refractivity contribution in [2.45, 2.75) is 25.8 Å². The molecule has 0 aliphatic heterocycles. The van der Waals surface area contributed by atoms with Gasteiger partial charge in [-0.2, -0.15) is 0 Å². The second-order valence-electron chi connectivity index (χ2n) is 4.91. The van der Waals surface area contributed by atoms with Gasteiger partial charge in [0, 0.05) is 39.4 Å². The fourth-order valence-electron chi connectivity index (χ4n) is 1.10. The number of nitrogens with one attached hydrogen (secondary N) is 2. The molecular weight excluding hydrogens is 343 g/mol. The molecule has 0 fully saturated rings. The van der Waals surface area contributed by atoms with Crippen LogP contribution in [0.15, 0.2) is 4.99 Å². The van der Waals surface area contributed by atoms with E-state index in [1.54, 1.807) is 14.2 Å². The van der Waals surface area contributed by atoms with Crippen molar-refractivity contribution in [3.8, 4) is 0 Å². The van der Waals surface area contributed by atoms with Crippen LogP contribution in [-0.2, 0) is 4.74 Å². The SMILES string of the molecule is CN=C(NCCCOC)NCC(C)(C)N(C)C.I. The van der Waals surface area contributed by atoms with Gasteiger partial charge < -0.3 is 20.3 Å². The number of aliphatic imine (C=N–C) groups is 1. The lowest BCUT2D eigenvalue weighted by Crippen LogP contribution is -2.50. The Balaban J connectivity index is 0. The Morgan fingerprint density at radius 1 is 1.28 bits per heavy atom. The Labute approximate surface area is 129 Å². The molecule has 0 aromatic heterocycles. The highest BCUT2D eigenvalue weighted by Gasteiger charge is 2.20. The Morgan fingerprint density at radius 2 is 1.89 bits per heavy atom. The minimum Gasteiger partial charge on any atom is -0.385 e. The highest BCUT2D eigenvalue weighted by atomic mass is 127. The summed E-state index contributed by atoms with van der Waals surface area (Å²) in [4.78, 5) is 6.38. The van der Waals surface area contributed by atoms with Gasteiger partial charge >= 0.3 is 0 Å². The molecule has 0 saturated heterocycles. The highest BCUT2D eigenvalue weighted by molar-refractivity contribution is 14.0. The van der Waals surface area contributed by atoms with Crippen LogP contribution < -0.4 is 10.6 Å². The fourth-order valence-corrected chi connectivity index (χ4v) is 1.10. The molecule has 0 spiro atoms. The molecule has 0 rings (SSSR count). The number of methoxy groups -OCH3 is 1. The van der Waals surface area contributed by atoms with E-state index in [1.165, 1.54) is 0 Å². The molecule has 0 aliphatic rings. The first-order valence-corrected chi connectivity index (χ1v) is 6.05. The molecule has 6 heteroatoms. The third-order valence-electron chi connectivity index (χ3n) is 2.94.